The first-order valence-electron chi connectivity index (χ1n) is 6.47. The van der Waals surface area contributed by atoms with Crippen LogP contribution in [-0.2, 0) is 13.6 Å². The summed E-state index contributed by atoms with van der Waals surface area (Å²) in [7, 11) is 1.87. The highest BCUT2D eigenvalue weighted by Gasteiger charge is 2.31. The van der Waals surface area contributed by atoms with Crippen LogP contribution in [0.3, 0.4) is 0 Å². The maximum absolute atomic E-state index is 6.39. The smallest absolute Gasteiger partial charge is 0.138 e. The van der Waals surface area contributed by atoms with Crippen molar-refractivity contribution < 1.29 is 0 Å². The van der Waals surface area contributed by atoms with Crippen molar-refractivity contribution in [2.24, 2.45) is 7.05 Å². The molecule has 1 aliphatic rings. The van der Waals surface area contributed by atoms with E-state index in [0.717, 1.165) is 41.5 Å². The van der Waals surface area contributed by atoms with Gasteiger partial charge in [0, 0.05) is 36.7 Å². The number of aryl methyl sites for hydroxylation is 2. The normalized spacial score (nSPS) is 19.9. The van der Waals surface area contributed by atoms with Crippen LogP contribution >= 0.6 is 34.7 Å². The lowest BCUT2D eigenvalue weighted by Gasteiger charge is -2.23. The Labute approximate surface area is 131 Å². The fourth-order valence-electron chi connectivity index (χ4n) is 2.85. The van der Waals surface area contributed by atoms with Crippen LogP contribution in [0.5, 0.6) is 0 Å². The predicted octanol–water partition coefficient (Wildman–Crippen LogP) is 3.22. The highest BCUT2D eigenvalue weighted by Crippen LogP contribution is 2.38. The Morgan fingerprint density at radius 1 is 1.40 bits per heavy atom. The van der Waals surface area contributed by atoms with Crippen LogP contribution in [0.4, 0.5) is 0 Å². The first-order valence-corrected chi connectivity index (χ1v) is 8.00. The summed E-state index contributed by atoms with van der Waals surface area (Å²) in [5, 5.41) is 9.23. The summed E-state index contributed by atoms with van der Waals surface area (Å²) in [6.07, 6.45) is 2.23. The number of nitrogens with zero attached hydrogens (tertiary/aromatic N) is 5. The second-order valence-electron chi connectivity index (χ2n) is 5.04. The minimum Gasteiger partial charge on any atom is -0.290 e. The Bertz CT molecular complexity index is 623. The molecule has 20 heavy (non-hydrogen) atoms. The lowest BCUT2D eigenvalue weighted by atomic mass is 10.1. The van der Waals surface area contributed by atoms with Gasteiger partial charge in [-0.1, -0.05) is 27.7 Å². The summed E-state index contributed by atoms with van der Waals surface area (Å²) < 4.78 is 6.30. The van der Waals surface area contributed by atoms with E-state index in [9.17, 15) is 0 Å². The zero-order chi connectivity index (χ0) is 14.3. The molecule has 0 unspecified atom stereocenters. The van der Waals surface area contributed by atoms with Gasteiger partial charge in [0.25, 0.3) is 0 Å². The van der Waals surface area contributed by atoms with E-state index in [1.165, 1.54) is 11.5 Å². The SMILES string of the molecule is Cc1nn(C)c(Cl)c1[C@@H]1CCCN1Cc1nnsc1Cl. The molecule has 3 rings (SSSR count). The van der Waals surface area contributed by atoms with Crippen molar-refractivity contribution >= 4 is 34.7 Å². The number of aromatic nitrogens is 4. The molecular formula is C12H15Cl2N5S. The molecule has 0 saturated carbocycles. The van der Waals surface area contributed by atoms with Crippen molar-refractivity contribution in [3.05, 3.63) is 26.4 Å². The molecule has 5 nitrogen and oxygen atoms in total. The van der Waals surface area contributed by atoms with Crippen LogP contribution in [0, 0.1) is 6.92 Å². The number of hydrogen-bond acceptors (Lipinski definition) is 5. The summed E-state index contributed by atoms with van der Waals surface area (Å²) in [6, 6.07) is 0.286. The molecule has 0 amide bonds. The lowest BCUT2D eigenvalue weighted by Crippen LogP contribution is -2.23. The Hall–Kier alpha value is -0.690. The van der Waals surface area contributed by atoms with E-state index in [0.29, 0.717) is 10.9 Å². The van der Waals surface area contributed by atoms with E-state index in [4.69, 9.17) is 23.2 Å². The standard InChI is InChI=1S/C12H15Cl2N5S/c1-7-10(11(13)18(2)16-7)9-4-3-5-19(9)6-8-12(14)20-17-15-8/h9H,3-6H2,1-2H3/t9-/m0/s1. The first kappa shape index (κ1) is 14.3. The molecule has 2 aromatic heterocycles. The highest BCUT2D eigenvalue weighted by atomic mass is 35.5. The number of likely N-dealkylation sites (tertiary alicyclic amines) is 1. The van der Waals surface area contributed by atoms with Crippen LogP contribution in [0.25, 0.3) is 0 Å². The molecule has 0 aromatic carbocycles. The molecule has 1 saturated heterocycles. The predicted molar refractivity (Wildman–Crippen MR) is 80.3 cm³/mol. The average molecular weight is 332 g/mol. The molecule has 3 heterocycles. The maximum Gasteiger partial charge on any atom is 0.138 e. The van der Waals surface area contributed by atoms with Gasteiger partial charge in [0.1, 0.15) is 15.2 Å². The monoisotopic (exact) mass is 331 g/mol. The number of rotatable bonds is 3. The molecule has 0 radical (unpaired) electrons. The van der Waals surface area contributed by atoms with Crippen LogP contribution in [0.15, 0.2) is 0 Å². The highest BCUT2D eigenvalue weighted by molar-refractivity contribution is 7.10. The topological polar surface area (TPSA) is 46.8 Å². The first-order chi connectivity index (χ1) is 9.58. The van der Waals surface area contributed by atoms with E-state index in [2.05, 4.69) is 19.6 Å². The van der Waals surface area contributed by atoms with E-state index in [1.54, 1.807) is 4.68 Å². The zero-order valence-corrected chi connectivity index (χ0v) is 13.6. The molecule has 0 N–H and O–H groups in total. The second-order valence-corrected chi connectivity index (χ2v) is 6.75. The van der Waals surface area contributed by atoms with E-state index in [-0.39, 0.29) is 6.04 Å². The molecule has 0 aliphatic carbocycles. The summed E-state index contributed by atoms with van der Waals surface area (Å²) >= 11 is 13.7. The Kier molecular flexibility index (Phi) is 3.99. The van der Waals surface area contributed by atoms with Crippen molar-refractivity contribution in [2.45, 2.75) is 32.4 Å². The average Bonchev–Trinajstić information content (AvgIpc) is 3.06. The minimum atomic E-state index is 0.286. The van der Waals surface area contributed by atoms with Gasteiger partial charge in [-0.25, -0.2) is 0 Å². The molecule has 1 aliphatic heterocycles. The molecule has 0 bridgehead atoms. The van der Waals surface area contributed by atoms with Gasteiger partial charge in [0.2, 0.25) is 0 Å². The molecule has 1 fully saturated rings. The quantitative estimate of drug-likeness (QED) is 0.866. The van der Waals surface area contributed by atoms with E-state index >= 15 is 0 Å². The van der Waals surface area contributed by atoms with Gasteiger partial charge >= 0.3 is 0 Å². The lowest BCUT2D eigenvalue weighted by molar-refractivity contribution is 0.245. The fraction of sp³-hybridized carbons (Fsp3) is 0.583. The van der Waals surface area contributed by atoms with Gasteiger partial charge in [-0.3, -0.25) is 9.58 Å². The molecule has 0 spiro atoms. The minimum absolute atomic E-state index is 0.286. The summed E-state index contributed by atoms with van der Waals surface area (Å²) in [5.74, 6) is 0. The molecule has 1 atom stereocenters. The Morgan fingerprint density at radius 2 is 2.20 bits per heavy atom. The van der Waals surface area contributed by atoms with Crippen LogP contribution in [-0.4, -0.2) is 30.8 Å². The number of hydrogen-bond donors (Lipinski definition) is 0. The van der Waals surface area contributed by atoms with Crippen molar-refractivity contribution in [1.29, 1.82) is 0 Å². The third kappa shape index (κ3) is 2.45. The van der Waals surface area contributed by atoms with Crippen molar-refractivity contribution in [1.82, 2.24) is 24.3 Å². The van der Waals surface area contributed by atoms with Gasteiger partial charge in [0.15, 0.2) is 0 Å². The largest absolute Gasteiger partial charge is 0.290 e. The van der Waals surface area contributed by atoms with Crippen molar-refractivity contribution in [3.63, 3.8) is 0 Å². The second kappa shape index (κ2) is 5.60. The fourth-order valence-corrected chi connectivity index (χ4v) is 3.76. The van der Waals surface area contributed by atoms with E-state index in [1.807, 2.05) is 14.0 Å². The van der Waals surface area contributed by atoms with Crippen molar-refractivity contribution in [3.8, 4) is 0 Å². The van der Waals surface area contributed by atoms with Gasteiger partial charge in [-0.05, 0) is 26.3 Å². The third-order valence-electron chi connectivity index (χ3n) is 3.76. The Morgan fingerprint density at radius 3 is 2.80 bits per heavy atom. The molecule has 108 valence electrons. The van der Waals surface area contributed by atoms with E-state index < -0.39 is 0 Å². The van der Waals surface area contributed by atoms with Crippen LogP contribution in [0.1, 0.15) is 35.8 Å². The molecular weight excluding hydrogens is 317 g/mol. The zero-order valence-electron chi connectivity index (χ0n) is 11.3. The summed E-state index contributed by atoms with van der Waals surface area (Å²) in [4.78, 5) is 2.36. The van der Waals surface area contributed by atoms with Crippen LogP contribution < -0.4 is 0 Å². The molecule has 8 heteroatoms. The van der Waals surface area contributed by atoms with Gasteiger partial charge in [-0.2, -0.15) is 5.10 Å². The molecule has 2 aromatic rings. The van der Waals surface area contributed by atoms with Gasteiger partial charge in [-0.15, -0.1) is 5.10 Å². The third-order valence-corrected chi connectivity index (χ3v) is 5.19. The van der Waals surface area contributed by atoms with Crippen molar-refractivity contribution in [2.75, 3.05) is 6.54 Å². The summed E-state index contributed by atoms with van der Waals surface area (Å²) in [5.41, 5.74) is 2.98. The van der Waals surface area contributed by atoms with Gasteiger partial charge in [0.05, 0.1) is 5.69 Å². The Balaban J connectivity index is 1.87. The maximum atomic E-state index is 6.39. The number of halogens is 2. The van der Waals surface area contributed by atoms with Crippen LogP contribution in [0.2, 0.25) is 9.49 Å². The summed E-state index contributed by atoms with van der Waals surface area (Å²) in [6.45, 7) is 3.74. The van der Waals surface area contributed by atoms with Gasteiger partial charge < -0.3 is 0 Å².